The average Bonchev–Trinajstić information content (AvgIpc) is 2.72. The monoisotopic (exact) mass is 525 g/mol. The van der Waals surface area contributed by atoms with Crippen molar-refractivity contribution in [3.8, 4) is 0 Å². The lowest BCUT2D eigenvalue weighted by Gasteiger charge is -2.32. The maximum Gasteiger partial charge on any atom is 0.233 e. The Balaban J connectivity index is 0.00000420. The number of amides is 1. The lowest BCUT2D eigenvalue weighted by atomic mass is 10.0. The zero-order valence-electron chi connectivity index (χ0n) is 18.1. The molecule has 2 aliphatic heterocycles. The molecule has 9 heteroatoms. The fourth-order valence-corrected chi connectivity index (χ4v) is 3.55. The second-order valence-electron chi connectivity index (χ2n) is 7.61. The molecule has 3 N–H and O–H groups in total. The van der Waals surface area contributed by atoms with E-state index in [9.17, 15) is 4.79 Å². The number of ether oxygens (including phenoxy) is 2. The number of carbonyl (C=O) groups is 1. The number of hydrogen-bond donors (Lipinski definition) is 3. The number of nitrogens with zero attached hydrogens (tertiary/aromatic N) is 2. The van der Waals surface area contributed by atoms with Gasteiger partial charge in [-0.25, -0.2) is 0 Å². The van der Waals surface area contributed by atoms with E-state index in [2.05, 4.69) is 32.8 Å². The number of guanidine groups is 1. The smallest absolute Gasteiger partial charge is 0.233 e. The van der Waals surface area contributed by atoms with Crippen molar-refractivity contribution in [1.82, 2.24) is 20.9 Å². The molecule has 0 aromatic rings. The van der Waals surface area contributed by atoms with Gasteiger partial charge < -0.3 is 25.4 Å². The number of likely N-dealkylation sites (N-methyl/N-ethyl adjacent to an activating group) is 1. The van der Waals surface area contributed by atoms with Gasteiger partial charge in [0.1, 0.15) is 0 Å². The van der Waals surface area contributed by atoms with Crippen LogP contribution in [0.5, 0.6) is 0 Å². The molecule has 2 aliphatic rings. The molecule has 2 rings (SSSR count). The minimum Gasteiger partial charge on any atom is -0.381 e. The molecule has 29 heavy (non-hydrogen) atoms. The van der Waals surface area contributed by atoms with Gasteiger partial charge in [-0.15, -0.1) is 24.0 Å². The third kappa shape index (κ3) is 11.4. The van der Waals surface area contributed by atoms with Crippen molar-refractivity contribution in [3.05, 3.63) is 0 Å². The predicted molar refractivity (Wildman–Crippen MR) is 127 cm³/mol. The highest BCUT2D eigenvalue weighted by Crippen LogP contribution is 2.14. The Bertz CT molecular complexity index is 467. The van der Waals surface area contributed by atoms with Crippen molar-refractivity contribution in [2.45, 2.75) is 45.1 Å². The summed E-state index contributed by atoms with van der Waals surface area (Å²) in [6.07, 6.45) is 5.22. The summed E-state index contributed by atoms with van der Waals surface area (Å²) < 4.78 is 11.2. The van der Waals surface area contributed by atoms with Crippen LogP contribution < -0.4 is 16.0 Å². The Labute approximate surface area is 192 Å². The number of halogens is 1. The number of carbonyl (C=O) groups excluding carboxylic acids is 1. The van der Waals surface area contributed by atoms with Gasteiger partial charge in [0.2, 0.25) is 5.91 Å². The van der Waals surface area contributed by atoms with Crippen LogP contribution in [0.2, 0.25) is 0 Å². The van der Waals surface area contributed by atoms with Crippen LogP contribution in [0, 0.1) is 5.92 Å². The maximum absolute atomic E-state index is 11.5. The molecule has 0 aromatic carbocycles. The van der Waals surface area contributed by atoms with Crippen molar-refractivity contribution in [3.63, 3.8) is 0 Å². The molecule has 8 nitrogen and oxygen atoms in total. The summed E-state index contributed by atoms with van der Waals surface area (Å²) in [6.45, 7) is 9.42. The Morgan fingerprint density at radius 2 is 1.93 bits per heavy atom. The van der Waals surface area contributed by atoms with E-state index in [-0.39, 0.29) is 29.9 Å². The molecule has 0 saturated carbocycles. The van der Waals surface area contributed by atoms with Crippen LogP contribution in [0.3, 0.4) is 0 Å². The van der Waals surface area contributed by atoms with Gasteiger partial charge in [-0.2, -0.15) is 0 Å². The van der Waals surface area contributed by atoms with Crippen molar-refractivity contribution >= 4 is 35.8 Å². The summed E-state index contributed by atoms with van der Waals surface area (Å²) in [5, 5.41) is 9.56. The number of rotatable bonds is 10. The fourth-order valence-electron chi connectivity index (χ4n) is 3.55. The highest BCUT2D eigenvalue weighted by atomic mass is 127. The standard InChI is InChI=1S/C20H39N5O3.HI/c1-3-22-20(23-9-4-12-28-16-17-7-13-27-14-8-17)24-18-5-10-25(11-6-18)15-19(26)21-2;/h17-18H,3-16H2,1-2H3,(H,21,26)(H2,22,23,24);1H. The van der Waals surface area contributed by atoms with E-state index in [1.807, 2.05) is 0 Å². The summed E-state index contributed by atoms with van der Waals surface area (Å²) in [4.78, 5) is 18.4. The van der Waals surface area contributed by atoms with Crippen molar-refractivity contribution in [1.29, 1.82) is 0 Å². The van der Waals surface area contributed by atoms with Gasteiger partial charge in [-0.05, 0) is 44.9 Å². The Morgan fingerprint density at radius 1 is 1.21 bits per heavy atom. The molecule has 1 amide bonds. The second-order valence-corrected chi connectivity index (χ2v) is 7.61. The van der Waals surface area contributed by atoms with Crippen LogP contribution in [-0.2, 0) is 14.3 Å². The summed E-state index contributed by atoms with van der Waals surface area (Å²) in [5.74, 6) is 1.63. The van der Waals surface area contributed by atoms with E-state index >= 15 is 0 Å². The number of nitrogens with one attached hydrogen (secondary N) is 3. The number of piperidine rings is 1. The lowest BCUT2D eigenvalue weighted by Crippen LogP contribution is -2.50. The highest BCUT2D eigenvalue weighted by Gasteiger charge is 2.21. The van der Waals surface area contributed by atoms with Crippen LogP contribution >= 0.6 is 24.0 Å². The normalized spacial score (nSPS) is 19.4. The van der Waals surface area contributed by atoms with Crippen LogP contribution in [0.4, 0.5) is 0 Å². The van der Waals surface area contributed by atoms with Gasteiger partial charge in [0.05, 0.1) is 6.54 Å². The quantitative estimate of drug-likeness (QED) is 0.172. The van der Waals surface area contributed by atoms with Gasteiger partial charge in [-0.1, -0.05) is 0 Å². The van der Waals surface area contributed by atoms with E-state index in [0.29, 0.717) is 18.5 Å². The van der Waals surface area contributed by atoms with Crippen LogP contribution in [-0.4, -0.2) is 89.0 Å². The van der Waals surface area contributed by atoms with E-state index < -0.39 is 0 Å². The molecule has 2 heterocycles. The maximum atomic E-state index is 11.5. The number of hydrogen-bond acceptors (Lipinski definition) is 5. The average molecular weight is 525 g/mol. The summed E-state index contributed by atoms with van der Waals surface area (Å²) in [5.41, 5.74) is 0. The van der Waals surface area contributed by atoms with E-state index in [1.165, 1.54) is 0 Å². The Hall–Kier alpha value is -0.650. The van der Waals surface area contributed by atoms with Crippen molar-refractivity contribution in [2.24, 2.45) is 10.9 Å². The van der Waals surface area contributed by atoms with Crippen molar-refractivity contribution in [2.75, 3.05) is 66.2 Å². The molecule has 2 saturated heterocycles. The van der Waals surface area contributed by atoms with E-state index in [0.717, 1.165) is 90.7 Å². The van der Waals surface area contributed by atoms with Gasteiger partial charge >= 0.3 is 0 Å². The summed E-state index contributed by atoms with van der Waals surface area (Å²) >= 11 is 0. The lowest BCUT2D eigenvalue weighted by molar-refractivity contribution is -0.122. The zero-order valence-corrected chi connectivity index (χ0v) is 20.4. The van der Waals surface area contributed by atoms with E-state index in [4.69, 9.17) is 9.47 Å². The molecule has 0 aliphatic carbocycles. The second kappa shape index (κ2) is 16.1. The topological polar surface area (TPSA) is 87.2 Å². The minimum absolute atomic E-state index is 0. The third-order valence-corrected chi connectivity index (χ3v) is 5.33. The molecule has 170 valence electrons. The molecule has 0 atom stereocenters. The first-order chi connectivity index (χ1) is 13.7. The highest BCUT2D eigenvalue weighted by molar-refractivity contribution is 14.0. The molecule has 2 fully saturated rings. The molecular formula is C20H40IN5O3. The van der Waals surface area contributed by atoms with Crippen molar-refractivity contribution < 1.29 is 14.3 Å². The first-order valence-corrected chi connectivity index (χ1v) is 10.8. The Kier molecular flexibility index (Phi) is 14.6. The summed E-state index contributed by atoms with van der Waals surface area (Å²) in [7, 11) is 1.69. The van der Waals surface area contributed by atoms with Crippen LogP contribution in [0.25, 0.3) is 0 Å². The van der Waals surface area contributed by atoms with Gasteiger partial charge in [-0.3, -0.25) is 14.7 Å². The Morgan fingerprint density at radius 3 is 2.59 bits per heavy atom. The SMILES string of the molecule is CCNC(=NCCCOCC1CCOCC1)NC1CCN(CC(=O)NC)CC1.I. The van der Waals surface area contributed by atoms with E-state index in [1.54, 1.807) is 7.05 Å². The molecule has 0 unspecified atom stereocenters. The molecular weight excluding hydrogens is 485 g/mol. The first-order valence-electron chi connectivity index (χ1n) is 10.8. The fraction of sp³-hybridized carbons (Fsp3) is 0.900. The third-order valence-electron chi connectivity index (χ3n) is 5.33. The summed E-state index contributed by atoms with van der Waals surface area (Å²) in [6, 6.07) is 0.406. The van der Waals surface area contributed by atoms with Gasteiger partial charge in [0.15, 0.2) is 5.96 Å². The number of likely N-dealkylation sites (tertiary alicyclic amines) is 1. The van der Waals surface area contributed by atoms with Crippen LogP contribution in [0.15, 0.2) is 4.99 Å². The molecule has 0 radical (unpaired) electrons. The minimum atomic E-state index is 0. The molecule has 0 aromatic heterocycles. The van der Waals surface area contributed by atoms with Crippen LogP contribution in [0.1, 0.15) is 39.0 Å². The van der Waals surface area contributed by atoms with Gasteiger partial charge in [0.25, 0.3) is 0 Å². The zero-order chi connectivity index (χ0) is 20.0. The number of aliphatic imine (C=N–C) groups is 1. The predicted octanol–water partition coefficient (Wildman–Crippen LogP) is 1.20. The first kappa shape index (κ1) is 26.4. The molecule has 0 spiro atoms. The van der Waals surface area contributed by atoms with Gasteiger partial charge in [0, 0.05) is 65.7 Å². The largest absolute Gasteiger partial charge is 0.381 e. The molecule has 0 bridgehead atoms.